The summed E-state index contributed by atoms with van der Waals surface area (Å²) in [7, 11) is 1.35. The Labute approximate surface area is 115 Å². The number of hydrogen-bond acceptors (Lipinski definition) is 6. The molecule has 1 aliphatic carbocycles. The van der Waals surface area contributed by atoms with Gasteiger partial charge in [0.2, 0.25) is 0 Å². The molecule has 2 rings (SSSR count). The normalized spacial score (nSPS) is 22.2. The van der Waals surface area contributed by atoms with Crippen LogP contribution in [0.15, 0.2) is 5.51 Å². The van der Waals surface area contributed by atoms with Gasteiger partial charge in [0.05, 0.1) is 35.0 Å². The number of carbonyl (C=O) groups excluding carboxylic acids is 2. The summed E-state index contributed by atoms with van der Waals surface area (Å²) in [5.74, 6) is -1.32. The zero-order chi connectivity index (χ0) is 13.8. The lowest BCUT2D eigenvalue weighted by molar-refractivity contribution is -0.158. The Morgan fingerprint density at radius 1 is 1.37 bits per heavy atom. The third-order valence-electron chi connectivity index (χ3n) is 3.51. The van der Waals surface area contributed by atoms with Crippen LogP contribution in [0.3, 0.4) is 0 Å². The molecule has 0 spiro atoms. The van der Waals surface area contributed by atoms with Crippen LogP contribution in [0.1, 0.15) is 29.8 Å². The smallest absolute Gasteiger partial charge is 0.310 e. The highest BCUT2D eigenvalue weighted by Crippen LogP contribution is 2.33. The van der Waals surface area contributed by atoms with E-state index in [1.807, 2.05) is 6.92 Å². The molecule has 1 heterocycles. The third-order valence-corrected chi connectivity index (χ3v) is 4.42. The van der Waals surface area contributed by atoms with E-state index in [4.69, 9.17) is 9.47 Å². The zero-order valence-electron chi connectivity index (χ0n) is 11.0. The van der Waals surface area contributed by atoms with Gasteiger partial charge < -0.3 is 9.47 Å². The van der Waals surface area contributed by atoms with Crippen LogP contribution in [-0.4, -0.2) is 24.0 Å². The Balaban J connectivity index is 1.92. The van der Waals surface area contributed by atoms with Gasteiger partial charge in [-0.25, -0.2) is 4.98 Å². The standard InChI is InChI=1S/C13H17NO4S/c1-8-11(19-7-14-8)6-18-13(16)10-5-3-4-9(10)12(15)17-2/h7,9-10H,3-6H2,1-2H3/t9-,10+/m0/s1. The predicted octanol–water partition coefficient (Wildman–Crippen LogP) is 2.08. The number of rotatable bonds is 4. The summed E-state index contributed by atoms with van der Waals surface area (Å²) >= 11 is 1.47. The lowest BCUT2D eigenvalue weighted by Gasteiger charge is -2.16. The molecule has 0 aromatic carbocycles. The Bertz CT molecular complexity index is 471. The highest BCUT2D eigenvalue weighted by molar-refractivity contribution is 7.09. The highest BCUT2D eigenvalue weighted by Gasteiger charge is 2.39. The Morgan fingerprint density at radius 3 is 2.63 bits per heavy atom. The molecule has 1 aromatic rings. The van der Waals surface area contributed by atoms with Gasteiger partial charge in [0.1, 0.15) is 6.61 Å². The van der Waals surface area contributed by atoms with Gasteiger partial charge in [0.15, 0.2) is 0 Å². The quantitative estimate of drug-likeness (QED) is 0.792. The summed E-state index contributed by atoms with van der Waals surface area (Å²) in [5.41, 5.74) is 2.61. The number of methoxy groups -OCH3 is 1. The van der Waals surface area contributed by atoms with Crippen molar-refractivity contribution >= 4 is 23.3 Å². The SMILES string of the molecule is COC(=O)[C@H]1CCC[C@H]1C(=O)OCc1scnc1C. The van der Waals surface area contributed by atoms with Gasteiger partial charge in [0.25, 0.3) is 0 Å². The number of aromatic nitrogens is 1. The Morgan fingerprint density at radius 2 is 2.05 bits per heavy atom. The summed E-state index contributed by atoms with van der Waals surface area (Å²) < 4.78 is 10.0. The second-order valence-electron chi connectivity index (χ2n) is 4.64. The lowest BCUT2D eigenvalue weighted by Crippen LogP contribution is -2.27. The largest absolute Gasteiger partial charge is 0.469 e. The van der Waals surface area contributed by atoms with Crippen molar-refractivity contribution in [3.63, 3.8) is 0 Å². The van der Waals surface area contributed by atoms with Crippen LogP contribution in [0, 0.1) is 18.8 Å². The molecule has 6 heteroatoms. The van der Waals surface area contributed by atoms with E-state index in [1.54, 1.807) is 5.51 Å². The van der Waals surface area contributed by atoms with Gasteiger partial charge in [-0.15, -0.1) is 11.3 Å². The number of carbonyl (C=O) groups is 2. The maximum atomic E-state index is 12.0. The van der Waals surface area contributed by atoms with Crippen LogP contribution in [0.2, 0.25) is 0 Å². The van der Waals surface area contributed by atoms with E-state index < -0.39 is 0 Å². The first-order valence-corrected chi connectivity index (χ1v) is 7.15. The molecule has 0 radical (unpaired) electrons. The number of thiazole rings is 1. The maximum Gasteiger partial charge on any atom is 0.310 e. The van der Waals surface area contributed by atoms with Crippen molar-refractivity contribution in [2.24, 2.45) is 11.8 Å². The van der Waals surface area contributed by atoms with E-state index in [1.165, 1.54) is 18.4 Å². The average molecular weight is 283 g/mol. The fourth-order valence-corrected chi connectivity index (χ4v) is 3.07. The van der Waals surface area contributed by atoms with Gasteiger partial charge in [-0.1, -0.05) is 6.42 Å². The van der Waals surface area contributed by atoms with Crippen LogP contribution >= 0.6 is 11.3 Å². The summed E-state index contributed by atoms with van der Waals surface area (Å²) in [6, 6.07) is 0. The van der Waals surface area contributed by atoms with Crippen LogP contribution in [0.25, 0.3) is 0 Å². The van der Waals surface area contributed by atoms with Crippen LogP contribution in [0.4, 0.5) is 0 Å². The van der Waals surface area contributed by atoms with Crippen molar-refractivity contribution in [1.82, 2.24) is 4.98 Å². The van der Waals surface area contributed by atoms with Crippen molar-refractivity contribution < 1.29 is 19.1 Å². The minimum absolute atomic E-state index is 0.236. The molecule has 1 saturated carbocycles. The van der Waals surface area contributed by atoms with E-state index >= 15 is 0 Å². The van der Waals surface area contributed by atoms with Gasteiger partial charge in [-0.2, -0.15) is 0 Å². The summed E-state index contributed by atoms with van der Waals surface area (Å²) in [5, 5.41) is 0. The van der Waals surface area contributed by atoms with Crippen LogP contribution in [-0.2, 0) is 25.7 Å². The number of ether oxygens (including phenoxy) is 2. The molecule has 2 atom stereocenters. The monoisotopic (exact) mass is 283 g/mol. The maximum absolute atomic E-state index is 12.0. The van der Waals surface area contributed by atoms with Gasteiger partial charge in [-0.05, 0) is 19.8 Å². The Hall–Kier alpha value is -1.43. The molecule has 0 aliphatic heterocycles. The first-order valence-electron chi connectivity index (χ1n) is 6.27. The Kier molecular flexibility index (Phi) is 4.52. The predicted molar refractivity (Wildman–Crippen MR) is 69.5 cm³/mol. The molecule has 104 valence electrons. The highest BCUT2D eigenvalue weighted by atomic mass is 32.1. The molecule has 1 fully saturated rings. The van der Waals surface area contributed by atoms with E-state index in [0.29, 0.717) is 12.8 Å². The second-order valence-corrected chi connectivity index (χ2v) is 5.58. The minimum atomic E-state index is -0.360. The molecule has 0 N–H and O–H groups in total. The third kappa shape index (κ3) is 3.12. The van der Waals surface area contributed by atoms with Crippen molar-refractivity contribution in [3.05, 3.63) is 16.1 Å². The fourth-order valence-electron chi connectivity index (χ4n) is 2.38. The fraction of sp³-hybridized carbons (Fsp3) is 0.615. The molecule has 1 aliphatic rings. The van der Waals surface area contributed by atoms with Crippen molar-refractivity contribution in [2.75, 3.05) is 7.11 Å². The van der Waals surface area contributed by atoms with Crippen molar-refractivity contribution in [2.45, 2.75) is 32.8 Å². The summed E-state index contributed by atoms with van der Waals surface area (Å²) in [4.78, 5) is 28.7. The summed E-state index contributed by atoms with van der Waals surface area (Å²) in [6.45, 7) is 2.12. The molecule has 19 heavy (non-hydrogen) atoms. The van der Waals surface area contributed by atoms with Crippen molar-refractivity contribution in [1.29, 1.82) is 0 Å². The zero-order valence-corrected chi connectivity index (χ0v) is 11.9. The minimum Gasteiger partial charge on any atom is -0.469 e. The molecule has 0 amide bonds. The molecule has 5 nitrogen and oxygen atoms in total. The van der Waals surface area contributed by atoms with Crippen LogP contribution < -0.4 is 0 Å². The molecule has 1 aromatic heterocycles. The van der Waals surface area contributed by atoms with Gasteiger partial charge >= 0.3 is 11.9 Å². The molecular formula is C13H17NO4S. The molecule has 0 unspecified atom stereocenters. The van der Waals surface area contributed by atoms with Gasteiger partial charge in [-0.3, -0.25) is 9.59 Å². The molecule has 0 saturated heterocycles. The topological polar surface area (TPSA) is 65.5 Å². The second kappa shape index (κ2) is 6.14. The lowest BCUT2D eigenvalue weighted by atomic mass is 9.96. The number of hydrogen-bond donors (Lipinski definition) is 0. The number of nitrogens with zero attached hydrogens (tertiary/aromatic N) is 1. The average Bonchev–Trinajstić information content (AvgIpc) is 3.04. The first-order chi connectivity index (χ1) is 9.13. The van der Waals surface area contributed by atoms with E-state index in [0.717, 1.165) is 17.0 Å². The van der Waals surface area contributed by atoms with E-state index in [9.17, 15) is 9.59 Å². The van der Waals surface area contributed by atoms with Crippen molar-refractivity contribution in [3.8, 4) is 0 Å². The van der Waals surface area contributed by atoms with Crippen LogP contribution in [0.5, 0.6) is 0 Å². The first kappa shape index (κ1) is 14.0. The number of esters is 2. The van der Waals surface area contributed by atoms with Gasteiger partial charge in [0, 0.05) is 0 Å². The molecule has 0 bridgehead atoms. The summed E-state index contributed by atoms with van der Waals surface area (Å²) in [6.07, 6.45) is 2.26. The number of aryl methyl sites for hydroxylation is 1. The van der Waals surface area contributed by atoms with E-state index in [-0.39, 0.29) is 30.4 Å². The molecular weight excluding hydrogens is 266 g/mol. The van der Waals surface area contributed by atoms with E-state index in [2.05, 4.69) is 4.98 Å².